The van der Waals surface area contributed by atoms with E-state index in [9.17, 15) is 13.2 Å². The number of sulfone groups is 1. The second-order valence-corrected chi connectivity index (χ2v) is 9.35. The molecule has 0 atom stereocenters. The molecule has 0 unspecified atom stereocenters. The van der Waals surface area contributed by atoms with Gasteiger partial charge in [0.2, 0.25) is 0 Å². The van der Waals surface area contributed by atoms with Gasteiger partial charge in [0, 0.05) is 49.4 Å². The average Bonchev–Trinajstić information content (AvgIpc) is 2.98. The first-order chi connectivity index (χ1) is 11.9. The van der Waals surface area contributed by atoms with E-state index in [2.05, 4.69) is 22.4 Å². The molecule has 0 N–H and O–H groups in total. The predicted octanol–water partition coefficient (Wildman–Crippen LogP) is 2.50. The lowest BCUT2D eigenvalue weighted by atomic mass is 10.2. The first-order valence-corrected chi connectivity index (χ1v) is 11.0. The maximum Gasteiger partial charge on any atom is 0.253 e. The van der Waals surface area contributed by atoms with E-state index >= 15 is 0 Å². The lowest BCUT2D eigenvalue weighted by Crippen LogP contribution is -2.35. The summed E-state index contributed by atoms with van der Waals surface area (Å²) in [7, 11) is -3.31. The zero-order valence-electron chi connectivity index (χ0n) is 14.2. The Morgan fingerprint density at radius 2 is 1.96 bits per heavy atom. The maximum atomic E-state index is 12.8. The van der Waals surface area contributed by atoms with E-state index in [0.29, 0.717) is 18.7 Å². The molecule has 134 valence electrons. The molecule has 1 aromatic heterocycles. The number of amides is 1. The van der Waals surface area contributed by atoms with Crippen LogP contribution in [0.3, 0.4) is 0 Å². The Kier molecular flexibility index (Phi) is 5.56. The van der Waals surface area contributed by atoms with E-state index in [4.69, 9.17) is 0 Å². The molecule has 1 aromatic carbocycles. The van der Waals surface area contributed by atoms with Crippen molar-refractivity contribution in [3.8, 4) is 0 Å². The number of benzene rings is 1. The first kappa shape index (κ1) is 18.1. The largest absolute Gasteiger partial charge is 0.337 e. The summed E-state index contributed by atoms with van der Waals surface area (Å²) in [6, 6.07) is 10.5. The molecule has 0 spiro atoms. The molecular weight excluding hydrogens is 356 g/mol. The molecule has 25 heavy (non-hydrogen) atoms. The average molecular weight is 379 g/mol. The van der Waals surface area contributed by atoms with Crippen molar-refractivity contribution in [1.29, 1.82) is 0 Å². The molecule has 0 bridgehead atoms. The van der Waals surface area contributed by atoms with Gasteiger partial charge in [0.1, 0.15) is 0 Å². The molecule has 3 rings (SSSR count). The monoisotopic (exact) mass is 378 g/mol. The summed E-state index contributed by atoms with van der Waals surface area (Å²) in [5, 5.41) is 2.08. The Labute approximate surface area is 152 Å². The van der Waals surface area contributed by atoms with Gasteiger partial charge in [-0.15, -0.1) is 11.3 Å². The lowest BCUT2D eigenvalue weighted by molar-refractivity contribution is 0.0761. The van der Waals surface area contributed by atoms with E-state index in [1.54, 1.807) is 23.5 Å². The van der Waals surface area contributed by atoms with Gasteiger partial charge in [-0.05, 0) is 36.1 Å². The summed E-state index contributed by atoms with van der Waals surface area (Å²) >= 11 is 1.75. The van der Waals surface area contributed by atoms with Gasteiger partial charge in [-0.3, -0.25) is 9.69 Å². The van der Waals surface area contributed by atoms with Crippen molar-refractivity contribution >= 4 is 27.1 Å². The molecule has 0 aliphatic carbocycles. The van der Waals surface area contributed by atoms with Gasteiger partial charge in [-0.25, -0.2) is 8.42 Å². The molecule has 1 aliphatic rings. The number of carbonyl (C=O) groups is 1. The van der Waals surface area contributed by atoms with Gasteiger partial charge in [0.25, 0.3) is 5.91 Å². The SMILES string of the molecule is CS(=O)(=O)c1cccc(C(=O)N2CCCN(Cc3cccs3)CC2)c1. The third kappa shape index (κ3) is 4.68. The number of nitrogens with zero attached hydrogens (tertiary/aromatic N) is 2. The zero-order valence-corrected chi connectivity index (χ0v) is 15.9. The maximum absolute atomic E-state index is 12.8. The highest BCUT2D eigenvalue weighted by Gasteiger charge is 2.21. The molecule has 1 aliphatic heterocycles. The minimum atomic E-state index is -3.31. The van der Waals surface area contributed by atoms with Crippen LogP contribution in [0.15, 0.2) is 46.7 Å². The van der Waals surface area contributed by atoms with Crippen molar-refractivity contribution in [3.05, 3.63) is 52.2 Å². The third-order valence-electron chi connectivity index (χ3n) is 4.34. The Balaban J connectivity index is 1.67. The normalized spacial score (nSPS) is 16.6. The summed E-state index contributed by atoms with van der Waals surface area (Å²) < 4.78 is 23.4. The van der Waals surface area contributed by atoms with Crippen LogP contribution in [0, 0.1) is 0 Å². The van der Waals surface area contributed by atoms with E-state index in [0.717, 1.165) is 32.3 Å². The molecule has 0 saturated carbocycles. The van der Waals surface area contributed by atoms with Crippen molar-refractivity contribution in [2.24, 2.45) is 0 Å². The number of hydrogen-bond donors (Lipinski definition) is 0. The van der Waals surface area contributed by atoms with Gasteiger partial charge in [-0.2, -0.15) is 0 Å². The smallest absolute Gasteiger partial charge is 0.253 e. The molecule has 1 saturated heterocycles. The summed E-state index contributed by atoms with van der Waals surface area (Å²) in [6.45, 7) is 4.07. The Morgan fingerprint density at radius 3 is 2.68 bits per heavy atom. The number of rotatable bonds is 4. The van der Waals surface area contributed by atoms with Crippen LogP contribution in [0.5, 0.6) is 0 Å². The lowest BCUT2D eigenvalue weighted by Gasteiger charge is -2.22. The number of thiophene rings is 1. The fourth-order valence-corrected chi connectivity index (χ4v) is 4.41. The standard InChI is InChI=1S/C18H22N2O3S2/c1-25(22,23)17-7-2-5-15(13-17)18(21)20-9-4-8-19(10-11-20)14-16-6-3-12-24-16/h2-3,5-7,12-13H,4,8-11,14H2,1H3. The van der Waals surface area contributed by atoms with Crippen molar-refractivity contribution < 1.29 is 13.2 Å². The van der Waals surface area contributed by atoms with Crippen LogP contribution in [-0.2, 0) is 16.4 Å². The van der Waals surface area contributed by atoms with Crippen molar-refractivity contribution in [3.63, 3.8) is 0 Å². The van der Waals surface area contributed by atoms with Gasteiger partial charge in [0.05, 0.1) is 4.90 Å². The molecule has 1 amide bonds. The second kappa shape index (κ2) is 7.68. The zero-order chi connectivity index (χ0) is 17.9. The van der Waals surface area contributed by atoms with Crippen LogP contribution in [0.25, 0.3) is 0 Å². The quantitative estimate of drug-likeness (QED) is 0.820. The number of hydrogen-bond acceptors (Lipinski definition) is 5. The highest BCUT2D eigenvalue weighted by atomic mass is 32.2. The highest BCUT2D eigenvalue weighted by Crippen LogP contribution is 2.17. The first-order valence-electron chi connectivity index (χ1n) is 8.27. The Hall–Kier alpha value is -1.70. The fourth-order valence-electron chi connectivity index (χ4n) is 3.00. The molecule has 5 nitrogen and oxygen atoms in total. The van der Waals surface area contributed by atoms with Gasteiger partial charge < -0.3 is 4.90 Å². The highest BCUT2D eigenvalue weighted by molar-refractivity contribution is 7.90. The van der Waals surface area contributed by atoms with Crippen molar-refractivity contribution in [2.45, 2.75) is 17.9 Å². The van der Waals surface area contributed by atoms with Gasteiger partial charge in [-0.1, -0.05) is 12.1 Å². The molecule has 2 aromatic rings. The van der Waals surface area contributed by atoms with Crippen LogP contribution in [0.2, 0.25) is 0 Å². The second-order valence-electron chi connectivity index (χ2n) is 6.30. The molecule has 7 heteroatoms. The van der Waals surface area contributed by atoms with Crippen LogP contribution >= 0.6 is 11.3 Å². The van der Waals surface area contributed by atoms with Crippen molar-refractivity contribution in [2.75, 3.05) is 32.4 Å². The summed E-state index contributed by atoms with van der Waals surface area (Å²) in [5.74, 6) is -0.0940. The molecule has 1 fully saturated rings. The Morgan fingerprint density at radius 1 is 1.12 bits per heavy atom. The van der Waals surface area contributed by atoms with Crippen LogP contribution in [0.4, 0.5) is 0 Å². The third-order valence-corrected chi connectivity index (χ3v) is 6.32. The van der Waals surface area contributed by atoms with Crippen LogP contribution in [-0.4, -0.2) is 56.6 Å². The Bertz CT molecular complexity index is 832. The minimum absolute atomic E-state index is 0.0940. The topological polar surface area (TPSA) is 57.7 Å². The van der Waals surface area contributed by atoms with Crippen LogP contribution < -0.4 is 0 Å². The predicted molar refractivity (Wildman–Crippen MR) is 99.7 cm³/mol. The molecule has 0 radical (unpaired) electrons. The number of carbonyl (C=O) groups excluding carboxylic acids is 1. The molecular formula is C18H22N2O3S2. The van der Waals surface area contributed by atoms with E-state index in [-0.39, 0.29) is 10.8 Å². The summed E-state index contributed by atoms with van der Waals surface area (Å²) in [6.07, 6.45) is 2.08. The fraction of sp³-hybridized carbons (Fsp3) is 0.389. The van der Waals surface area contributed by atoms with Crippen molar-refractivity contribution in [1.82, 2.24) is 9.80 Å². The molecule has 2 heterocycles. The van der Waals surface area contributed by atoms with Gasteiger partial charge >= 0.3 is 0 Å². The minimum Gasteiger partial charge on any atom is -0.337 e. The van der Waals surface area contributed by atoms with E-state index < -0.39 is 9.84 Å². The summed E-state index contributed by atoms with van der Waals surface area (Å²) in [4.78, 5) is 18.5. The van der Waals surface area contributed by atoms with Gasteiger partial charge in [0.15, 0.2) is 9.84 Å². The van der Waals surface area contributed by atoms with E-state index in [1.165, 1.54) is 17.0 Å². The van der Waals surface area contributed by atoms with Crippen LogP contribution in [0.1, 0.15) is 21.7 Å². The van der Waals surface area contributed by atoms with E-state index in [1.807, 2.05) is 4.90 Å². The summed E-state index contributed by atoms with van der Waals surface area (Å²) in [5.41, 5.74) is 0.439.